The summed E-state index contributed by atoms with van der Waals surface area (Å²) in [6, 6.07) is 10.4. The van der Waals surface area contributed by atoms with Crippen molar-refractivity contribution >= 4 is 0 Å². The van der Waals surface area contributed by atoms with Gasteiger partial charge in [0.1, 0.15) is 0 Å². The summed E-state index contributed by atoms with van der Waals surface area (Å²) < 4.78 is 18.7. The van der Waals surface area contributed by atoms with Crippen LogP contribution in [-0.4, -0.2) is 25.6 Å². The third-order valence-electron chi connectivity index (χ3n) is 7.94. The van der Waals surface area contributed by atoms with Crippen LogP contribution in [0.5, 0.6) is 0 Å². The maximum Gasteiger partial charge on any atom is 0.174 e. The highest BCUT2D eigenvalue weighted by molar-refractivity contribution is 5.34. The largest absolute Gasteiger partial charge is 0.372 e. The highest BCUT2D eigenvalue weighted by Crippen LogP contribution is 2.60. The summed E-state index contributed by atoms with van der Waals surface area (Å²) >= 11 is 0. The Morgan fingerprint density at radius 2 is 1.91 bits per heavy atom. The van der Waals surface area contributed by atoms with Crippen LogP contribution < -0.4 is 0 Å². The zero-order chi connectivity index (χ0) is 22.6. The molecule has 3 nitrogen and oxygen atoms in total. The van der Waals surface area contributed by atoms with Crippen LogP contribution in [0.1, 0.15) is 64.9 Å². The smallest absolute Gasteiger partial charge is 0.174 e. The van der Waals surface area contributed by atoms with Crippen molar-refractivity contribution in [1.29, 1.82) is 0 Å². The molecule has 1 unspecified atom stereocenters. The van der Waals surface area contributed by atoms with E-state index in [4.69, 9.17) is 14.2 Å². The molecule has 1 aromatic rings. The van der Waals surface area contributed by atoms with Crippen LogP contribution in [0.3, 0.4) is 0 Å². The Balaban J connectivity index is 1.43. The predicted molar refractivity (Wildman–Crippen MR) is 130 cm³/mol. The Labute approximate surface area is 194 Å². The number of benzene rings is 1. The fraction of sp³-hybridized carbons (Fsp3) is 0.586. The molecule has 0 radical (unpaired) electrons. The molecule has 1 saturated heterocycles. The average Bonchev–Trinajstić information content (AvgIpc) is 3.49. The molecule has 0 amide bonds. The molecule has 1 spiro atoms. The van der Waals surface area contributed by atoms with Crippen molar-refractivity contribution in [1.82, 2.24) is 0 Å². The highest BCUT2D eigenvalue weighted by Gasteiger charge is 2.61. The molecule has 0 aromatic heterocycles. The van der Waals surface area contributed by atoms with Crippen LogP contribution in [0, 0.1) is 17.3 Å². The number of hydrogen-bond acceptors (Lipinski definition) is 3. The quantitative estimate of drug-likeness (QED) is 0.390. The van der Waals surface area contributed by atoms with E-state index in [1.54, 1.807) is 0 Å². The Kier molecular flexibility index (Phi) is 7.39. The molecule has 3 heteroatoms. The minimum Gasteiger partial charge on any atom is -0.372 e. The second-order valence-corrected chi connectivity index (χ2v) is 10.3. The van der Waals surface area contributed by atoms with Crippen molar-refractivity contribution in [3.63, 3.8) is 0 Å². The Hall–Kier alpha value is -1.68. The van der Waals surface area contributed by atoms with Crippen LogP contribution in [0.2, 0.25) is 0 Å². The highest BCUT2D eigenvalue weighted by atomic mass is 16.7. The fourth-order valence-electron chi connectivity index (χ4n) is 6.16. The van der Waals surface area contributed by atoms with Gasteiger partial charge in [-0.1, -0.05) is 61.6 Å². The summed E-state index contributed by atoms with van der Waals surface area (Å²) in [4.78, 5) is 0. The third-order valence-corrected chi connectivity index (χ3v) is 7.94. The molecule has 2 fully saturated rings. The first-order valence-electron chi connectivity index (χ1n) is 12.3. The first-order chi connectivity index (χ1) is 15.4. The van der Waals surface area contributed by atoms with Gasteiger partial charge < -0.3 is 14.2 Å². The van der Waals surface area contributed by atoms with Crippen molar-refractivity contribution in [3.8, 4) is 0 Å². The van der Waals surface area contributed by atoms with Gasteiger partial charge in [-0.3, -0.25) is 0 Å². The lowest BCUT2D eigenvalue weighted by atomic mass is 9.67. The lowest BCUT2D eigenvalue weighted by Crippen LogP contribution is -2.47. The average molecular weight is 437 g/mol. The lowest BCUT2D eigenvalue weighted by molar-refractivity contribution is -0.228. The molecule has 174 valence electrons. The third kappa shape index (κ3) is 4.81. The Bertz CT molecular complexity index is 842. The molecule has 1 heterocycles. The van der Waals surface area contributed by atoms with Crippen LogP contribution in [-0.2, 0) is 20.8 Å². The fourth-order valence-corrected chi connectivity index (χ4v) is 6.16. The first-order valence-corrected chi connectivity index (χ1v) is 12.3. The zero-order valence-corrected chi connectivity index (χ0v) is 20.2. The van der Waals surface area contributed by atoms with E-state index >= 15 is 0 Å². The van der Waals surface area contributed by atoms with Crippen molar-refractivity contribution in [2.24, 2.45) is 17.3 Å². The summed E-state index contributed by atoms with van der Waals surface area (Å²) in [6.45, 7) is 13.9. The summed E-state index contributed by atoms with van der Waals surface area (Å²) in [7, 11) is 0. The van der Waals surface area contributed by atoms with Crippen LogP contribution in [0.4, 0.5) is 0 Å². The van der Waals surface area contributed by atoms with E-state index in [0.717, 1.165) is 44.5 Å². The number of allylic oxidation sites excluding steroid dienone is 3. The van der Waals surface area contributed by atoms with Crippen molar-refractivity contribution < 1.29 is 14.2 Å². The Morgan fingerprint density at radius 1 is 1.16 bits per heavy atom. The number of ether oxygens (including phenoxy) is 3. The number of hydrogen-bond donors (Lipinski definition) is 0. The topological polar surface area (TPSA) is 27.7 Å². The van der Waals surface area contributed by atoms with E-state index in [1.165, 1.54) is 29.6 Å². The number of rotatable bonds is 9. The zero-order valence-electron chi connectivity index (χ0n) is 20.2. The molecule has 3 atom stereocenters. The van der Waals surface area contributed by atoms with Gasteiger partial charge in [0.25, 0.3) is 0 Å². The maximum absolute atomic E-state index is 6.36. The normalized spacial score (nSPS) is 28.8. The van der Waals surface area contributed by atoms with E-state index in [-0.39, 0.29) is 5.41 Å². The van der Waals surface area contributed by atoms with Crippen molar-refractivity contribution in [2.45, 2.75) is 71.7 Å². The van der Waals surface area contributed by atoms with Crippen LogP contribution in [0.15, 0.2) is 65.8 Å². The molecule has 1 saturated carbocycles. The first kappa shape index (κ1) is 23.5. The van der Waals surface area contributed by atoms with Crippen LogP contribution in [0.25, 0.3) is 0 Å². The van der Waals surface area contributed by atoms with Gasteiger partial charge in [-0.2, -0.15) is 0 Å². The molecular formula is C29H40O3. The standard InChI is InChI=1S/C29H40O3/c1-22(2)13-14-26-15-16-29(31-17-18-32-29)28(26,4)19-25-11-8-12-27(25)23(3)20-30-21-24-9-6-5-7-10-24/h5-7,9-10,12-13,25-26H,3,8,11,14-21H2,1-2,4H3/t25?,26-,28+/m0/s1. The lowest BCUT2D eigenvalue weighted by Gasteiger charge is -2.44. The van der Waals surface area contributed by atoms with Crippen molar-refractivity contribution in [3.05, 3.63) is 71.3 Å². The van der Waals surface area contributed by atoms with Crippen molar-refractivity contribution in [2.75, 3.05) is 19.8 Å². The summed E-state index contributed by atoms with van der Waals surface area (Å²) in [5.74, 6) is 0.677. The monoisotopic (exact) mass is 436 g/mol. The molecule has 32 heavy (non-hydrogen) atoms. The van der Waals surface area contributed by atoms with E-state index in [1.807, 2.05) is 6.07 Å². The molecule has 2 aliphatic carbocycles. The predicted octanol–water partition coefficient (Wildman–Crippen LogP) is 7.00. The van der Waals surface area contributed by atoms with Gasteiger partial charge in [-0.15, -0.1) is 0 Å². The second kappa shape index (κ2) is 10.1. The van der Waals surface area contributed by atoms with Gasteiger partial charge in [0.05, 0.1) is 26.4 Å². The SMILES string of the molecule is C=C(COCc1ccccc1)C1=CCCC1C[C@]1(C)[C@@H](CC=C(C)C)CCC12OCCO2. The molecule has 1 aliphatic heterocycles. The Morgan fingerprint density at radius 3 is 2.62 bits per heavy atom. The van der Waals surface area contributed by atoms with E-state index in [0.29, 0.717) is 25.0 Å². The van der Waals surface area contributed by atoms with Gasteiger partial charge in [-0.05, 0) is 74.5 Å². The van der Waals surface area contributed by atoms with Crippen LogP contribution >= 0.6 is 0 Å². The van der Waals surface area contributed by atoms with Gasteiger partial charge >= 0.3 is 0 Å². The second-order valence-electron chi connectivity index (χ2n) is 10.3. The van der Waals surface area contributed by atoms with E-state index in [9.17, 15) is 0 Å². The van der Waals surface area contributed by atoms with Gasteiger partial charge in [0.15, 0.2) is 5.79 Å². The molecule has 0 bridgehead atoms. The van der Waals surface area contributed by atoms with Gasteiger partial charge in [-0.25, -0.2) is 0 Å². The molecule has 4 rings (SSSR count). The molecule has 1 aromatic carbocycles. The molecular weight excluding hydrogens is 396 g/mol. The summed E-state index contributed by atoms with van der Waals surface area (Å²) in [6.07, 6.45) is 11.5. The molecule has 0 N–H and O–H groups in total. The minimum absolute atomic E-state index is 0.00865. The summed E-state index contributed by atoms with van der Waals surface area (Å²) in [5, 5.41) is 0. The van der Waals surface area contributed by atoms with E-state index in [2.05, 4.69) is 63.8 Å². The van der Waals surface area contributed by atoms with Gasteiger partial charge in [0, 0.05) is 11.8 Å². The van der Waals surface area contributed by atoms with E-state index < -0.39 is 5.79 Å². The maximum atomic E-state index is 6.36. The molecule has 3 aliphatic rings. The summed E-state index contributed by atoms with van der Waals surface area (Å²) in [5.41, 5.74) is 5.14. The van der Waals surface area contributed by atoms with Gasteiger partial charge in [0.2, 0.25) is 0 Å². The minimum atomic E-state index is -0.411.